The van der Waals surface area contributed by atoms with Gasteiger partial charge in [-0.25, -0.2) is 0 Å². The van der Waals surface area contributed by atoms with Gasteiger partial charge in [0.05, 0.1) is 6.54 Å². The fraction of sp³-hybridized carbons (Fsp3) is 0.259. The predicted molar refractivity (Wildman–Crippen MR) is 130 cm³/mol. The standard InChI is InChI=1S/C27H28ClNO4/c1-18-6-4-9-24(19(18)2)27(32)21-7-5-8-23(16-21)33-25(14-15-29(3)17-26(30)31)20-10-12-22(28)13-11-20/h4-13,16,25H,14-15,17H2,1-3H3,(H,30,31). The van der Waals surface area contributed by atoms with E-state index in [0.29, 0.717) is 34.9 Å². The number of rotatable bonds is 10. The summed E-state index contributed by atoms with van der Waals surface area (Å²) < 4.78 is 6.31. The first-order valence-corrected chi connectivity index (χ1v) is 11.2. The van der Waals surface area contributed by atoms with Crippen LogP contribution in [0.25, 0.3) is 0 Å². The summed E-state index contributed by atoms with van der Waals surface area (Å²) in [4.78, 5) is 25.9. The number of ketones is 1. The summed E-state index contributed by atoms with van der Waals surface area (Å²) in [5, 5.41) is 9.65. The monoisotopic (exact) mass is 465 g/mol. The van der Waals surface area contributed by atoms with Crippen LogP contribution in [-0.4, -0.2) is 41.9 Å². The van der Waals surface area contributed by atoms with Gasteiger partial charge in [0.15, 0.2) is 5.78 Å². The molecule has 5 nitrogen and oxygen atoms in total. The van der Waals surface area contributed by atoms with Gasteiger partial charge in [0.1, 0.15) is 11.9 Å². The summed E-state index contributed by atoms with van der Waals surface area (Å²) in [5.74, 6) is -0.350. The third-order valence-corrected chi connectivity index (χ3v) is 5.90. The van der Waals surface area contributed by atoms with Crippen LogP contribution < -0.4 is 4.74 Å². The lowest BCUT2D eigenvalue weighted by Gasteiger charge is -2.23. The van der Waals surface area contributed by atoms with E-state index in [0.717, 1.165) is 16.7 Å². The zero-order valence-corrected chi connectivity index (χ0v) is 19.8. The molecule has 0 aliphatic carbocycles. The smallest absolute Gasteiger partial charge is 0.317 e. The average molecular weight is 466 g/mol. The van der Waals surface area contributed by atoms with E-state index in [9.17, 15) is 9.59 Å². The molecule has 0 saturated carbocycles. The highest BCUT2D eigenvalue weighted by atomic mass is 35.5. The molecule has 0 saturated heterocycles. The van der Waals surface area contributed by atoms with Crippen molar-refractivity contribution in [3.8, 4) is 5.75 Å². The van der Waals surface area contributed by atoms with Gasteiger partial charge >= 0.3 is 5.97 Å². The van der Waals surface area contributed by atoms with Gasteiger partial charge in [-0.2, -0.15) is 0 Å². The summed E-state index contributed by atoms with van der Waals surface area (Å²) in [6, 6.07) is 20.3. The number of aliphatic carboxylic acids is 1. The Hall–Kier alpha value is -3.15. The molecule has 6 heteroatoms. The van der Waals surface area contributed by atoms with E-state index in [1.54, 1.807) is 36.2 Å². The van der Waals surface area contributed by atoms with Crippen molar-refractivity contribution in [3.05, 3.63) is 99.6 Å². The maximum Gasteiger partial charge on any atom is 0.317 e. The summed E-state index contributed by atoms with van der Waals surface area (Å²) in [6.45, 7) is 4.42. The third kappa shape index (κ3) is 6.67. The Morgan fingerprint density at radius 1 is 1.03 bits per heavy atom. The molecule has 33 heavy (non-hydrogen) atoms. The van der Waals surface area contributed by atoms with Crippen molar-refractivity contribution < 1.29 is 19.4 Å². The Kier molecular flexibility index (Phi) is 8.26. The fourth-order valence-corrected chi connectivity index (χ4v) is 3.77. The number of carbonyl (C=O) groups is 2. The normalized spacial score (nSPS) is 11.9. The molecule has 0 aliphatic rings. The highest BCUT2D eigenvalue weighted by Crippen LogP contribution is 2.28. The summed E-state index contributed by atoms with van der Waals surface area (Å²) in [7, 11) is 1.76. The Balaban J connectivity index is 1.83. The van der Waals surface area contributed by atoms with E-state index < -0.39 is 5.97 Å². The molecular formula is C27H28ClNO4. The van der Waals surface area contributed by atoms with E-state index in [4.69, 9.17) is 21.4 Å². The summed E-state index contributed by atoms with van der Waals surface area (Å²) in [6.07, 6.45) is 0.241. The van der Waals surface area contributed by atoms with Crippen LogP contribution in [0.5, 0.6) is 5.75 Å². The van der Waals surface area contributed by atoms with Crippen LogP contribution in [0.4, 0.5) is 0 Å². The van der Waals surface area contributed by atoms with Crippen molar-refractivity contribution in [2.45, 2.75) is 26.4 Å². The first-order valence-electron chi connectivity index (χ1n) is 10.8. The van der Waals surface area contributed by atoms with Crippen molar-refractivity contribution in [2.75, 3.05) is 20.1 Å². The number of likely N-dealkylation sites (N-methyl/N-ethyl adjacent to an activating group) is 1. The van der Waals surface area contributed by atoms with Crippen LogP contribution in [0.2, 0.25) is 5.02 Å². The highest BCUT2D eigenvalue weighted by molar-refractivity contribution is 6.30. The molecule has 3 aromatic rings. The van der Waals surface area contributed by atoms with E-state index in [-0.39, 0.29) is 18.4 Å². The zero-order valence-electron chi connectivity index (χ0n) is 19.0. The minimum Gasteiger partial charge on any atom is -0.486 e. The molecule has 1 unspecified atom stereocenters. The van der Waals surface area contributed by atoms with Crippen LogP contribution in [-0.2, 0) is 4.79 Å². The number of ether oxygens (including phenoxy) is 1. The topological polar surface area (TPSA) is 66.8 Å². The number of hydrogen-bond acceptors (Lipinski definition) is 4. The van der Waals surface area contributed by atoms with Crippen molar-refractivity contribution in [1.82, 2.24) is 4.90 Å². The minimum absolute atomic E-state index is 0.0484. The lowest BCUT2D eigenvalue weighted by molar-refractivity contribution is -0.138. The maximum absolute atomic E-state index is 13.2. The summed E-state index contributed by atoms with van der Waals surface area (Å²) in [5.41, 5.74) is 4.20. The van der Waals surface area contributed by atoms with E-state index in [2.05, 4.69) is 0 Å². The quantitative estimate of drug-likeness (QED) is 0.388. The minimum atomic E-state index is -0.876. The number of benzene rings is 3. The van der Waals surface area contributed by atoms with Gasteiger partial charge < -0.3 is 9.84 Å². The number of halogens is 1. The molecule has 0 radical (unpaired) electrons. The molecule has 1 N–H and O–H groups in total. The second-order valence-corrected chi connectivity index (χ2v) is 8.62. The molecule has 1 atom stereocenters. The van der Waals surface area contributed by atoms with E-state index >= 15 is 0 Å². The van der Waals surface area contributed by atoms with Crippen molar-refractivity contribution >= 4 is 23.4 Å². The number of aryl methyl sites for hydroxylation is 1. The van der Waals surface area contributed by atoms with Gasteiger partial charge in [0.25, 0.3) is 0 Å². The van der Waals surface area contributed by atoms with Gasteiger partial charge in [-0.15, -0.1) is 0 Å². The third-order valence-electron chi connectivity index (χ3n) is 5.64. The molecule has 172 valence electrons. The molecule has 3 aromatic carbocycles. The van der Waals surface area contributed by atoms with E-state index in [1.165, 1.54) is 0 Å². The van der Waals surface area contributed by atoms with Gasteiger partial charge in [-0.1, -0.05) is 54.1 Å². The molecule has 0 bridgehead atoms. The van der Waals surface area contributed by atoms with Gasteiger partial charge in [-0.05, 0) is 61.9 Å². The lowest BCUT2D eigenvalue weighted by Crippen LogP contribution is -2.28. The van der Waals surface area contributed by atoms with Crippen molar-refractivity contribution in [1.29, 1.82) is 0 Å². The second-order valence-electron chi connectivity index (χ2n) is 8.18. The Labute approximate surface area is 199 Å². The van der Waals surface area contributed by atoms with Crippen LogP contribution in [0, 0.1) is 13.8 Å². The molecule has 3 rings (SSSR count). The van der Waals surface area contributed by atoms with Crippen LogP contribution in [0.3, 0.4) is 0 Å². The molecule has 0 aromatic heterocycles. The number of nitrogens with zero attached hydrogens (tertiary/aromatic N) is 1. The second kappa shape index (κ2) is 11.1. The van der Waals surface area contributed by atoms with Gasteiger partial charge in [0, 0.05) is 29.1 Å². The highest BCUT2D eigenvalue weighted by Gasteiger charge is 2.18. The Morgan fingerprint density at radius 2 is 1.73 bits per heavy atom. The zero-order chi connectivity index (χ0) is 24.0. The Bertz CT molecular complexity index is 1130. The fourth-order valence-electron chi connectivity index (χ4n) is 3.65. The molecular weight excluding hydrogens is 438 g/mol. The molecule has 0 fully saturated rings. The molecule has 0 heterocycles. The lowest BCUT2D eigenvalue weighted by atomic mass is 9.96. The average Bonchev–Trinajstić information content (AvgIpc) is 2.78. The first kappa shape index (κ1) is 24.5. The van der Waals surface area contributed by atoms with Crippen LogP contribution in [0.15, 0.2) is 66.7 Å². The number of hydrogen-bond donors (Lipinski definition) is 1. The number of carboxylic acid groups (broad SMARTS) is 1. The largest absolute Gasteiger partial charge is 0.486 e. The molecule has 0 amide bonds. The first-order chi connectivity index (χ1) is 15.7. The SMILES string of the molecule is Cc1cccc(C(=O)c2cccc(OC(CCN(C)CC(=O)O)c3ccc(Cl)cc3)c2)c1C. The van der Waals surface area contributed by atoms with Crippen LogP contribution in [0.1, 0.15) is 45.1 Å². The van der Waals surface area contributed by atoms with E-state index in [1.807, 2.05) is 56.3 Å². The van der Waals surface area contributed by atoms with Gasteiger partial charge in [-0.3, -0.25) is 14.5 Å². The maximum atomic E-state index is 13.2. The molecule has 0 aliphatic heterocycles. The molecule has 0 spiro atoms. The van der Waals surface area contributed by atoms with Crippen molar-refractivity contribution in [2.24, 2.45) is 0 Å². The Morgan fingerprint density at radius 3 is 2.42 bits per heavy atom. The van der Waals surface area contributed by atoms with Gasteiger partial charge in [0.2, 0.25) is 0 Å². The van der Waals surface area contributed by atoms with Crippen molar-refractivity contribution in [3.63, 3.8) is 0 Å². The number of carbonyl (C=O) groups excluding carboxylic acids is 1. The predicted octanol–water partition coefficient (Wildman–Crippen LogP) is 5.71. The summed E-state index contributed by atoms with van der Waals surface area (Å²) >= 11 is 6.05. The number of carboxylic acids is 1. The van der Waals surface area contributed by atoms with Crippen LogP contribution >= 0.6 is 11.6 Å².